The number of aryl methyl sites for hydroxylation is 1. The predicted octanol–water partition coefficient (Wildman–Crippen LogP) is 3.24. The number of urea groups is 1. The van der Waals surface area contributed by atoms with Gasteiger partial charge in [0.15, 0.2) is 0 Å². The Balaban J connectivity index is 1.80. The summed E-state index contributed by atoms with van der Waals surface area (Å²) in [5, 5.41) is 12.3. The number of nitrogens with one attached hydrogen (secondary N) is 1. The Labute approximate surface area is 130 Å². The summed E-state index contributed by atoms with van der Waals surface area (Å²) in [6.07, 6.45) is 4.74. The maximum Gasteiger partial charge on any atom is 0.326 e. The van der Waals surface area contributed by atoms with Crippen LogP contribution < -0.4 is 5.32 Å². The van der Waals surface area contributed by atoms with Crippen molar-refractivity contribution in [3.8, 4) is 0 Å². The van der Waals surface area contributed by atoms with Gasteiger partial charge in [-0.15, -0.1) is 0 Å². The summed E-state index contributed by atoms with van der Waals surface area (Å²) in [5.74, 6) is -0.563. The second-order valence-corrected chi connectivity index (χ2v) is 6.41. The molecule has 0 radical (unpaired) electrons. The number of rotatable bonds is 2. The first-order valence-corrected chi connectivity index (χ1v) is 7.95. The van der Waals surface area contributed by atoms with Crippen molar-refractivity contribution in [2.75, 3.05) is 5.32 Å². The highest BCUT2D eigenvalue weighted by Gasteiger charge is 2.47. The molecule has 2 fully saturated rings. The molecule has 3 rings (SSSR count). The summed E-state index contributed by atoms with van der Waals surface area (Å²) in [7, 11) is 0. The number of carbonyl (C=O) groups excluding carboxylic acids is 1. The van der Waals surface area contributed by atoms with E-state index in [1.165, 1.54) is 0 Å². The molecular weight excluding hydrogens is 280 g/mol. The Bertz CT molecular complexity index is 587. The summed E-state index contributed by atoms with van der Waals surface area (Å²) in [4.78, 5) is 25.8. The topological polar surface area (TPSA) is 69.6 Å². The van der Waals surface area contributed by atoms with E-state index in [1.54, 1.807) is 4.90 Å². The number of fused-ring (bicyclic) bond motifs is 1. The highest BCUT2D eigenvalue weighted by atomic mass is 16.4. The third-order valence-electron chi connectivity index (χ3n) is 4.88. The first-order chi connectivity index (χ1) is 10.6. The van der Waals surface area contributed by atoms with Crippen LogP contribution in [0.2, 0.25) is 0 Å². The number of hydrogen-bond acceptors (Lipinski definition) is 2. The Hall–Kier alpha value is -2.04. The van der Waals surface area contributed by atoms with Gasteiger partial charge in [0.25, 0.3) is 0 Å². The SMILES string of the molecule is Cc1cccc(NC(=O)N2C(C(=O)O)CC3CCCCC32)c1. The molecule has 1 aromatic carbocycles. The number of amides is 2. The van der Waals surface area contributed by atoms with Crippen LogP contribution in [0.3, 0.4) is 0 Å². The normalized spacial score (nSPS) is 27.3. The summed E-state index contributed by atoms with van der Waals surface area (Å²) in [6.45, 7) is 1.96. The standard InChI is InChI=1S/C17H22N2O3/c1-11-5-4-7-13(9-11)18-17(22)19-14-8-3-2-6-12(14)10-15(19)16(20)21/h4-5,7,9,12,14-15H,2-3,6,8,10H2,1H3,(H,18,22)(H,20,21). The van der Waals surface area contributed by atoms with Crippen molar-refractivity contribution in [1.29, 1.82) is 0 Å². The summed E-state index contributed by atoms with van der Waals surface area (Å²) < 4.78 is 0. The van der Waals surface area contributed by atoms with E-state index in [0.717, 1.165) is 31.2 Å². The zero-order valence-electron chi connectivity index (χ0n) is 12.8. The molecule has 0 spiro atoms. The van der Waals surface area contributed by atoms with Crippen molar-refractivity contribution < 1.29 is 14.7 Å². The Morgan fingerprint density at radius 3 is 2.77 bits per heavy atom. The quantitative estimate of drug-likeness (QED) is 0.881. The first kappa shape index (κ1) is 14.9. The Morgan fingerprint density at radius 2 is 2.05 bits per heavy atom. The number of carboxylic acid groups (broad SMARTS) is 1. The highest BCUT2D eigenvalue weighted by Crippen LogP contribution is 2.40. The zero-order valence-corrected chi connectivity index (χ0v) is 12.8. The number of carboxylic acids is 1. The van der Waals surface area contributed by atoms with Gasteiger partial charge in [-0.05, 0) is 49.8 Å². The van der Waals surface area contributed by atoms with Crippen LogP contribution in [0.5, 0.6) is 0 Å². The molecule has 2 amide bonds. The van der Waals surface area contributed by atoms with Crippen molar-refractivity contribution >= 4 is 17.7 Å². The highest BCUT2D eigenvalue weighted by molar-refractivity contribution is 5.93. The van der Waals surface area contributed by atoms with Gasteiger partial charge in [-0.3, -0.25) is 0 Å². The summed E-state index contributed by atoms with van der Waals surface area (Å²) in [5.41, 5.74) is 1.78. The minimum absolute atomic E-state index is 0.0691. The van der Waals surface area contributed by atoms with Gasteiger partial charge >= 0.3 is 12.0 Å². The number of aliphatic carboxylic acids is 1. The number of hydrogen-bond donors (Lipinski definition) is 2. The molecule has 22 heavy (non-hydrogen) atoms. The van der Waals surface area contributed by atoms with Gasteiger partial charge < -0.3 is 15.3 Å². The second-order valence-electron chi connectivity index (χ2n) is 6.41. The van der Waals surface area contributed by atoms with Gasteiger partial charge in [0.1, 0.15) is 6.04 Å². The van der Waals surface area contributed by atoms with Crippen molar-refractivity contribution in [2.24, 2.45) is 5.92 Å². The molecule has 1 aliphatic carbocycles. The number of carbonyl (C=O) groups is 2. The number of benzene rings is 1. The van der Waals surface area contributed by atoms with E-state index in [4.69, 9.17) is 0 Å². The van der Waals surface area contributed by atoms with Gasteiger partial charge in [0.2, 0.25) is 0 Å². The number of likely N-dealkylation sites (tertiary alicyclic amines) is 1. The van der Waals surface area contributed by atoms with E-state index in [1.807, 2.05) is 31.2 Å². The van der Waals surface area contributed by atoms with E-state index >= 15 is 0 Å². The molecule has 1 aromatic rings. The Morgan fingerprint density at radius 1 is 1.27 bits per heavy atom. The minimum atomic E-state index is -0.895. The largest absolute Gasteiger partial charge is 0.480 e. The molecule has 1 aliphatic heterocycles. The minimum Gasteiger partial charge on any atom is -0.480 e. The van der Waals surface area contributed by atoms with Gasteiger partial charge in [0.05, 0.1) is 0 Å². The van der Waals surface area contributed by atoms with Crippen LogP contribution in [-0.2, 0) is 4.79 Å². The molecule has 3 unspecified atom stereocenters. The molecule has 1 saturated heterocycles. The van der Waals surface area contributed by atoms with Crippen LogP contribution in [0.1, 0.15) is 37.7 Å². The van der Waals surface area contributed by atoms with E-state index < -0.39 is 12.0 Å². The van der Waals surface area contributed by atoms with Crippen molar-refractivity contribution in [3.63, 3.8) is 0 Å². The van der Waals surface area contributed by atoms with Crippen LogP contribution in [0, 0.1) is 12.8 Å². The van der Waals surface area contributed by atoms with Gasteiger partial charge in [0, 0.05) is 11.7 Å². The van der Waals surface area contributed by atoms with Gasteiger partial charge in [-0.2, -0.15) is 0 Å². The van der Waals surface area contributed by atoms with Crippen LogP contribution in [-0.4, -0.2) is 34.1 Å². The molecule has 5 heteroatoms. The monoisotopic (exact) mass is 302 g/mol. The molecule has 1 saturated carbocycles. The molecule has 2 N–H and O–H groups in total. The van der Waals surface area contributed by atoms with Crippen LogP contribution in [0.15, 0.2) is 24.3 Å². The fourth-order valence-corrected chi connectivity index (χ4v) is 3.88. The molecule has 3 atom stereocenters. The maximum atomic E-state index is 12.6. The van der Waals surface area contributed by atoms with Crippen LogP contribution in [0.25, 0.3) is 0 Å². The van der Waals surface area contributed by atoms with Crippen LogP contribution in [0.4, 0.5) is 10.5 Å². The lowest BCUT2D eigenvalue weighted by molar-refractivity contribution is -0.141. The van der Waals surface area contributed by atoms with Crippen molar-refractivity contribution in [1.82, 2.24) is 4.90 Å². The van der Waals surface area contributed by atoms with E-state index in [0.29, 0.717) is 18.0 Å². The fourth-order valence-electron chi connectivity index (χ4n) is 3.88. The fraction of sp³-hybridized carbons (Fsp3) is 0.529. The second kappa shape index (κ2) is 5.99. The molecule has 5 nitrogen and oxygen atoms in total. The third-order valence-corrected chi connectivity index (χ3v) is 4.88. The molecule has 0 aromatic heterocycles. The van der Waals surface area contributed by atoms with Crippen molar-refractivity contribution in [2.45, 2.75) is 51.1 Å². The molecule has 1 heterocycles. The van der Waals surface area contributed by atoms with Crippen LogP contribution >= 0.6 is 0 Å². The van der Waals surface area contributed by atoms with E-state index in [2.05, 4.69) is 5.32 Å². The van der Waals surface area contributed by atoms with E-state index in [9.17, 15) is 14.7 Å². The summed E-state index contributed by atoms with van der Waals surface area (Å²) >= 11 is 0. The molecule has 118 valence electrons. The zero-order chi connectivity index (χ0) is 15.7. The Kier molecular flexibility index (Phi) is 4.05. The summed E-state index contributed by atoms with van der Waals surface area (Å²) in [6, 6.07) is 6.65. The molecular formula is C17H22N2O3. The van der Waals surface area contributed by atoms with E-state index in [-0.39, 0.29) is 12.1 Å². The maximum absolute atomic E-state index is 12.6. The lowest BCUT2D eigenvalue weighted by Gasteiger charge is -2.33. The lowest BCUT2D eigenvalue weighted by atomic mass is 9.85. The molecule has 2 aliphatic rings. The molecule has 0 bridgehead atoms. The van der Waals surface area contributed by atoms with Gasteiger partial charge in [-0.25, -0.2) is 9.59 Å². The van der Waals surface area contributed by atoms with Gasteiger partial charge in [-0.1, -0.05) is 25.0 Å². The number of nitrogens with zero attached hydrogens (tertiary/aromatic N) is 1. The van der Waals surface area contributed by atoms with Crippen molar-refractivity contribution in [3.05, 3.63) is 29.8 Å². The number of anilines is 1. The average molecular weight is 302 g/mol. The smallest absolute Gasteiger partial charge is 0.326 e. The third kappa shape index (κ3) is 2.80. The first-order valence-electron chi connectivity index (χ1n) is 7.95. The lowest BCUT2D eigenvalue weighted by Crippen LogP contribution is -2.48. The average Bonchev–Trinajstić information content (AvgIpc) is 2.87. The predicted molar refractivity (Wildman–Crippen MR) is 83.8 cm³/mol.